The molecule has 1 aliphatic heterocycles. The quantitative estimate of drug-likeness (QED) is 0.316. The van der Waals surface area contributed by atoms with Crippen molar-refractivity contribution < 1.29 is 14.6 Å². The van der Waals surface area contributed by atoms with Crippen molar-refractivity contribution in [3.05, 3.63) is 45.6 Å². The summed E-state index contributed by atoms with van der Waals surface area (Å²) in [5.74, 6) is 1.35. The Morgan fingerprint density at radius 2 is 1.84 bits per heavy atom. The lowest BCUT2D eigenvalue weighted by Crippen LogP contribution is -2.42. The minimum atomic E-state index is -0.327. The number of aromatic hydroxyl groups is 1. The van der Waals surface area contributed by atoms with Gasteiger partial charge in [0.15, 0.2) is 0 Å². The van der Waals surface area contributed by atoms with Crippen molar-refractivity contribution in [2.45, 2.75) is 86.7 Å². The van der Waals surface area contributed by atoms with Gasteiger partial charge in [0.25, 0.3) is 0 Å². The number of nitrogens with zero attached hydrogens (tertiary/aromatic N) is 1. The average molecular weight is 444 g/mol. The lowest BCUT2D eigenvalue weighted by molar-refractivity contribution is -0.0319. The van der Waals surface area contributed by atoms with E-state index in [-0.39, 0.29) is 5.60 Å². The molecule has 0 saturated heterocycles. The topological polar surface area (TPSA) is 41.9 Å². The molecule has 0 aromatic heterocycles. The van der Waals surface area contributed by atoms with Crippen LogP contribution >= 0.6 is 0 Å². The second-order valence-electron chi connectivity index (χ2n) is 9.90. The van der Waals surface area contributed by atoms with Crippen molar-refractivity contribution >= 4 is 0 Å². The molecule has 0 amide bonds. The Labute approximate surface area is 196 Å². The van der Waals surface area contributed by atoms with Crippen LogP contribution in [0.15, 0.2) is 23.3 Å². The second-order valence-corrected chi connectivity index (χ2v) is 9.90. The molecule has 0 aliphatic carbocycles. The molecule has 0 fully saturated rings. The number of fused-ring (bicyclic) bond motifs is 1. The van der Waals surface area contributed by atoms with E-state index in [1.54, 1.807) is 0 Å². The third-order valence-electron chi connectivity index (χ3n) is 6.79. The van der Waals surface area contributed by atoms with Crippen LogP contribution in [0.5, 0.6) is 11.5 Å². The Kier molecular flexibility index (Phi) is 9.84. The average Bonchev–Trinajstić information content (AvgIpc) is 2.75. The lowest BCUT2D eigenvalue weighted by atomic mass is 9.87. The fraction of sp³-hybridized carbons (Fsp3) is 0.643. The molecule has 2 rings (SSSR count). The number of hydrogen-bond acceptors (Lipinski definition) is 4. The standard InChI is InChI=1S/C28H45NO3/c1-9-29(16-14-21(4)12-10-11-20(2)3)17-18-31-19-28(8)15-13-25-24(7)26(30)22(5)23(6)27(25)32-28/h11,14,30H,9-10,12-13,15-19H2,1-8H3. The summed E-state index contributed by atoms with van der Waals surface area (Å²) in [7, 11) is 0. The van der Waals surface area contributed by atoms with Crippen LogP contribution in [0.2, 0.25) is 0 Å². The van der Waals surface area contributed by atoms with Crippen LogP contribution in [-0.2, 0) is 11.2 Å². The molecule has 4 heteroatoms. The Hall–Kier alpha value is -1.78. The van der Waals surface area contributed by atoms with Gasteiger partial charge in [-0.3, -0.25) is 4.90 Å². The summed E-state index contributed by atoms with van der Waals surface area (Å²) in [4.78, 5) is 2.42. The molecule has 32 heavy (non-hydrogen) atoms. The Morgan fingerprint density at radius 3 is 2.50 bits per heavy atom. The highest BCUT2D eigenvalue weighted by molar-refractivity contribution is 5.58. The fourth-order valence-corrected chi connectivity index (χ4v) is 4.23. The van der Waals surface area contributed by atoms with Crippen molar-refractivity contribution in [1.82, 2.24) is 4.90 Å². The van der Waals surface area contributed by atoms with Crippen LogP contribution in [0.25, 0.3) is 0 Å². The van der Waals surface area contributed by atoms with Gasteiger partial charge in [-0.1, -0.05) is 30.2 Å². The van der Waals surface area contributed by atoms with Gasteiger partial charge >= 0.3 is 0 Å². The maximum Gasteiger partial charge on any atom is 0.130 e. The molecule has 0 radical (unpaired) electrons. The molecule has 1 N–H and O–H groups in total. The Bertz CT molecular complexity index is 836. The first-order valence-electron chi connectivity index (χ1n) is 12.2. The summed E-state index contributed by atoms with van der Waals surface area (Å²) in [6, 6.07) is 0. The third kappa shape index (κ3) is 7.11. The Balaban J connectivity index is 1.84. The number of hydrogen-bond donors (Lipinski definition) is 1. The maximum absolute atomic E-state index is 10.4. The smallest absolute Gasteiger partial charge is 0.130 e. The van der Waals surface area contributed by atoms with E-state index in [9.17, 15) is 5.11 Å². The normalized spacial score (nSPS) is 18.5. The highest BCUT2D eigenvalue weighted by Gasteiger charge is 2.34. The summed E-state index contributed by atoms with van der Waals surface area (Å²) in [6.45, 7) is 21.1. The molecular weight excluding hydrogens is 398 g/mol. The number of likely N-dealkylation sites (N-methyl/N-ethyl adjacent to an activating group) is 1. The maximum atomic E-state index is 10.4. The predicted molar refractivity (Wildman–Crippen MR) is 135 cm³/mol. The number of rotatable bonds is 11. The van der Waals surface area contributed by atoms with Crippen LogP contribution in [0.3, 0.4) is 0 Å². The van der Waals surface area contributed by atoms with E-state index in [1.165, 1.54) is 11.1 Å². The second kappa shape index (κ2) is 11.9. The highest BCUT2D eigenvalue weighted by atomic mass is 16.5. The highest BCUT2D eigenvalue weighted by Crippen LogP contribution is 2.43. The predicted octanol–water partition coefficient (Wildman–Crippen LogP) is 6.43. The number of allylic oxidation sites excluding steroid dienone is 3. The van der Waals surface area contributed by atoms with E-state index in [4.69, 9.17) is 9.47 Å². The van der Waals surface area contributed by atoms with Crippen LogP contribution in [0.1, 0.15) is 76.1 Å². The van der Waals surface area contributed by atoms with Crippen LogP contribution in [0.4, 0.5) is 0 Å². The first-order chi connectivity index (χ1) is 15.1. The number of ether oxygens (including phenoxy) is 2. The summed E-state index contributed by atoms with van der Waals surface area (Å²) < 4.78 is 12.6. The van der Waals surface area contributed by atoms with Gasteiger partial charge < -0.3 is 14.6 Å². The zero-order valence-electron chi connectivity index (χ0n) is 21.7. The molecular formula is C28H45NO3. The SMILES string of the molecule is CCN(CC=C(C)CCC=C(C)C)CCOCC1(C)CCc2c(C)c(O)c(C)c(C)c2O1. The number of phenolic OH excluding ortho intramolecular Hbond substituents is 1. The first kappa shape index (κ1) is 26.5. The van der Waals surface area contributed by atoms with Gasteiger partial charge in [-0.2, -0.15) is 0 Å². The molecule has 1 atom stereocenters. The molecule has 0 spiro atoms. The van der Waals surface area contributed by atoms with Gasteiger partial charge in [-0.25, -0.2) is 0 Å². The third-order valence-corrected chi connectivity index (χ3v) is 6.79. The molecule has 180 valence electrons. The van der Waals surface area contributed by atoms with E-state index >= 15 is 0 Å². The zero-order chi connectivity index (χ0) is 23.9. The van der Waals surface area contributed by atoms with E-state index in [2.05, 4.69) is 51.7 Å². The molecule has 0 saturated carbocycles. The zero-order valence-corrected chi connectivity index (χ0v) is 21.7. The van der Waals surface area contributed by atoms with Crippen LogP contribution < -0.4 is 4.74 Å². The van der Waals surface area contributed by atoms with Gasteiger partial charge in [0, 0.05) is 18.7 Å². The van der Waals surface area contributed by atoms with Gasteiger partial charge in [0.1, 0.15) is 17.1 Å². The lowest BCUT2D eigenvalue weighted by Gasteiger charge is -2.37. The number of phenols is 1. The van der Waals surface area contributed by atoms with Crippen molar-refractivity contribution in [1.29, 1.82) is 0 Å². The summed E-state index contributed by atoms with van der Waals surface area (Å²) in [6.07, 6.45) is 8.73. The van der Waals surface area contributed by atoms with E-state index in [0.29, 0.717) is 19.0 Å². The van der Waals surface area contributed by atoms with Crippen molar-refractivity contribution in [3.8, 4) is 11.5 Å². The fourth-order valence-electron chi connectivity index (χ4n) is 4.23. The van der Waals surface area contributed by atoms with Crippen molar-refractivity contribution in [3.63, 3.8) is 0 Å². The monoisotopic (exact) mass is 443 g/mol. The van der Waals surface area contributed by atoms with Gasteiger partial charge in [-0.15, -0.1) is 0 Å². The van der Waals surface area contributed by atoms with Gasteiger partial charge in [-0.05, 0) is 97.4 Å². The van der Waals surface area contributed by atoms with Gasteiger partial charge in [0.2, 0.25) is 0 Å². The molecule has 1 aromatic carbocycles. The van der Waals surface area contributed by atoms with Crippen LogP contribution in [0, 0.1) is 20.8 Å². The van der Waals surface area contributed by atoms with Crippen molar-refractivity contribution in [2.24, 2.45) is 0 Å². The molecule has 1 aliphatic rings. The van der Waals surface area contributed by atoms with E-state index < -0.39 is 0 Å². The van der Waals surface area contributed by atoms with E-state index in [0.717, 1.165) is 73.3 Å². The minimum Gasteiger partial charge on any atom is -0.507 e. The first-order valence-corrected chi connectivity index (χ1v) is 12.2. The Morgan fingerprint density at radius 1 is 1.12 bits per heavy atom. The summed E-state index contributed by atoms with van der Waals surface area (Å²) in [5, 5.41) is 10.4. The van der Waals surface area contributed by atoms with Crippen molar-refractivity contribution in [2.75, 3.05) is 32.8 Å². The van der Waals surface area contributed by atoms with Gasteiger partial charge in [0.05, 0.1) is 13.2 Å². The number of benzene rings is 1. The molecule has 0 bridgehead atoms. The summed E-state index contributed by atoms with van der Waals surface area (Å²) >= 11 is 0. The van der Waals surface area contributed by atoms with Crippen LogP contribution in [-0.4, -0.2) is 48.5 Å². The molecule has 1 aromatic rings. The summed E-state index contributed by atoms with van der Waals surface area (Å²) in [5.41, 5.74) is 6.57. The van der Waals surface area contributed by atoms with E-state index in [1.807, 2.05) is 20.8 Å². The minimum absolute atomic E-state index is 0.327. The largest absolute Gasteiger partial charge is 0.507 e. The molecule has 1 heterocycles. The molecule has 4 nitrogen and oxygen atoms in total. The molecule has 1 unspecified atom stereocenters.